The fraction of sp³-hybridized carbons (Fsp3) is 0.517. The predicted octanol–water partition coefficient (Wildman–Crippen LogP) is 5.77. The lowest BCUT2D eigenvalue weighted by Gasteiger charge is -2.40. The zero-order chi connectivity index (χ0) is 29.0. The van der Waals surface area contributed by atoms with Crippen molar-refractivity contribution >= 4 is 23.4 Å². The second kappa shape index (κ2) is 12.6. The zero-order valence-electron chi connectivity index (χ0n) is 22.7. The zero-order valence-corrected chi connectivity index (χ0v) is 23.4. The topological polar surface area (TPSA) is 70.1 Å². The molecule has 3 atom stereocenters. The number of nitrogens with zero attached hydrogens (tertiary/aromatic N) is 2. The fourth-order valence-electron chi connectivity index (χ4n) is 5.12. The van der Waals surface area contributed by atoms with Crippen LogP contribution in [0.1, 0.15) is 49.0 Å². The molecule has 0 aliphatic carbocycles. The Morgan fingerprint density at radius 1 is 1.10 bits per heavy atom. The van der Waals surface area contributed by atoms with Crippen LogP contribution in [0.5, 0.6) is 5.75 Å². The van der Waals surface area contributed by atoms with E-state index in [4.69, 9.17) is 16.3 Å². The van der Waals surface area contributed by atoms with E-state index in [2.05, 4.69) is 13.8 Å². The second-order valence-electron chi connectivity index (χ2n) is 10.7. The summed E-state index contributed by atoms with van der Waals surface area (Å²) >= 11 is 6.26. The highest BCUT2D eigenvalue weighted by atomic mass is 35.5. The molecule has 39 heavy (non-hydrogen) atoms. The minimum atomic E-state index is -5.14. The van der Waals surface area contributed by atoms with Crippen LogP contribution in [0, 0.1) is 17.8 Å². The number of piperidine rings is 1. The second-order valence-corrected chi connectivity index (χ2v) is 11.1. The first-order valence-electron chi connectivity index (χ1n) is 13.0. The van der Waals surface area contributed by atoms with Crippen molar-refractivity contribution in [3.05, 3.63) is 64.7 Å². The number of carbonyl (C=O) groups is 2. The molecule has 2 unspecified atom stereocenters. The highest BCUT2D eigenvalue weighted by molar-refractivity contribution is 6.34. The first-order valence-corrected chi connectivity index (χ1v) is 13.4. The van der Waals surface area contributed by atoms with Crippen molar-refractivity contribution in [1.82, 2.24) is 9.80 Å². The molecule has 1 aliphatic heterocycles. The molecule has 6 nitrogen and oxygen atoms in total. The minimum absolute atomic E-state index is 0.153. The monoisotopic (exact) mass is 568 g/mol. The third kappa shape index (κ3) is 7.06. The molecule has 2 aromatic carbocycles. The molecule has 3 rings (SSSR count). The average Bonchev–Trinajstić information content (AvgIpc) is 2.90. The van der Waals surface area contributed by atoms with E-state index in [9.17, 15) is 27.9 Å². The van der Waals surface area contributed by atoms with E-state index in [1.165, 1.54) is 23.1 Å². The standard InChI is InChI=1S/C29H36ClF3N2O4/c1-19(18-39-23-10-11-24(25(30)17-23)26(36)34(3)4)16-20(2)21-12-14-35(15-13-21)27(37)28(38,29(31,32)33)22-8-6-5-7-9-22/h5-11,17,19-21,38H,12-16,18H2,1-4H3/t19?,20?,28-/m1/s1. The van der Waals surface area contributed by atoms with E-state index in [1.54, 1.807) is 32.3 Å². The molecule has 1 saturated heterocycles. The number of hydrogen-bond donors (Lipinski definition) is 1. The third-order valence-corrected chi connectivity index (χ3v) is 7.74. The van der Waals surface area contributed by atoms with Crippen LogP contribution in [0.3, 0.4) is 0 Å². The maximum atomic E-state index is 13.9. The molecule has 0 bridgehead atoms. The molecule has 10 heteroatoms. The van der Waals surface area contributed by atoms with Crippen molar-refractivity contribution in [3.63, 3.8) is 0 Å². The van der Waals surface area contributed by atoms with E-state index in [1.807, 2.05) is 0 Å². The Morgan fingerprint density at radius 2 is 1.72 bits per heavy atom. The summed E-state index contributed by atoms with van der Waals surface area (Å²) in [5.74, 6) is -0.263. The van der Waals surface area contributed by atoms with Gasteiger partial charge < -0.3 is 19.6 Å². The smallest absolute Gasteiger partial charge is 0.430 e. The Bertz CT molecular complexity index is 1140. The number of hydrogen-bond acceptors (Lipinski definition) is 4. The van der Waals surface area contributed by atoms with Gasteiger partial charge in [0.15, 0.2) is 0 Å². The first-order chi connectivity index (χ1) is 18.3. The molecule has 1 N–H and O–H groups in total. The summed E-state index contributed by atoms with van der Waals surface area (Å²) in [6, 6.07) is 11.5. The van der Waals surface area contributed by atoms with Gasteiger partial charge in [0, 0.05) is 32.7 Å². The number of amides is 2. The molecule has 0 spiro atoms. The largest absolute Gasteiger partial charge is 0.493 e. The lowest BCUT2D eigenvalue weighted by Crippen LogP contribution is -2.57. The van der Waals surface area contributed by atoms with E-state index < -0.39 is 23.2 Å². The van der Waals surface area contributed by atoms with Gasteiger partial charge in [-0.3, -0.25) is 9.59 Å². The Hall–Kier alpha value is -2.78. The average molecular weight is 569 g/mol. The number of rotatable bonds is 9. The van der Waals surface area contributed by atoms with Crippen LogP contribution in [-0.4, -0.2) is 66.7 Å². The van der Waals surface area contributed by atoms with Gasteiger partial charge in [-0.2, -0.15) is 13.2 Å². The Kier molecular flexibility index (Phi) is 9.93. The van der Waals surface area contributed by atoms with Crippen LogP contribution in [-0.2, 0) is 10.4 Å². The van der Waals surface area contributed by atoms with E-state index in [0.717, 1.165) is 23.5 Å². The summed E-state index contributed by atoms with van der Waals surface area (Å²) in [7, 11) is 3.31. The molecule has 0 aromatic heterocycles. The number of benzene rings is 2. The van der Waals surface area contributed by atoms with Gasteiger partial charge in [-0.05, 0) is 55.2 Å². The number of alkyl halides is 3. The van der Waals surface area contributed by atoms with Gasteiger partial charge in [-0.25, -0.2) is 0 Å². The Morgan fingerprint density at radius 3 is 2.26 bits per heavy atom. The van der Waals surface area contributed by atoms with Crippen LogP contribution >= 0.6 is 11.6 Å². The number of carbonyl (C=O) groups excluding carboxylic acids is 2. The van der Waals surface area contributed by atoms with Gasteiger partial charge in [0.25, 0.3) is 17.4 Å². The summed E-state index contributed by atoms with van der Waals surface area (Å²) < 4.78 is 47.6. The minimum Gasteiger partial charge on any atom is -0.493 e. The molecule has 1 fully saturated rings. The van der Waals surface area contributed by atoms with Crippen LogP contribution in [0.2, 0.25) is 5.02 Å². The molecule has 0 saturated carbocycles. The number of aliphatic hydroxyl groups is 1. The molecule has 0 radical (unpaired) electrons. The summed E-state index contributed by atoms with van der Waals surface area (Å²) in [5, 5.41) is 10.9. The quantitative estimate of drug-likeness (QED) is 0.417. The van der Waals surface area contributed by atoms with Crippen LogP contribution in [0.25, 0.3) is 0 Å². The highest BCUT2D eigenvalue weighted by Crippen LogP contribution is 2.41. The SMILES string of the molecule is CC(COc1ccc(C(=O)N(C)C)c(Cl)c1)CC(C)C1CCN(C(=O)[C@](O)(c2ccccc2)C(F)(F)F)CC1. The predicted molar refractivity (Wildman–Crippen MR) is 144 cm³/mol. The number of likely N-dealkylation sites (tertiary alicyclic amines) is 1. The van der Waals surface area contributed by atoms with Gasteiger partial charge in [0.05, 0.1) is 17.2 Å². The third-order valence-electron chi connectivity index (χ3n) is 7.43. The van der Waals surface area contributed by atoms with Crippen molar-refractivity contribution in [2.24, 2.45) is 17.8 Å². The van der Waals surface area contributed by atoms with Crippen molar-refractivity contribution in [3.8, 4) is 5.75 Å². The van der Waals surface area contributed by atoms with Crippen LogP contribution < -0.4 is 4.74 Å². The molecular formula is C29H36ClF3N2O4. The lowest BCUT2D eigenvalue weighted by atomic mass is 9.80. The number of halogens is 4. The first kappa shape index (κ1) is 30.8. The molecular weight excluding hydrogens is 533 g/mol. The summed E-state index contributed by atoms with van der Waals surface area (Å²) in [5.41, 5.74) is -3.65. The maximum Gasteiger partial charge on any atom is 0.430 e. The molecule has 214 valence electrons. The van der Waals surface area contributed by atoms with E-state index >= 15 is 0 Å². The summed E-state index contributed by atoms with van der Waals surface area (Å²) in [4.78, 5) is 27.7. The Balaban J connectivity index is 1.53. The normalized spacial score (nSPS) is 17.7. The summed E-state index contributed by atoms with van der Waals surface area (Å²) in [6.45, 7) is 4.91. The van der Waals surface area contributed by atoms with Gasteiger partial charge in [0.2, 0.25) is 0 Å². The lowest BCUT2D eigenvalue weighted by molar-refractivity contribution is -0.262. The van der Waals surface area contributed by atoms with Gasteiger partial charge in [-0.15, -0.1) is 0 Å². The van der Waals surface area contributed by atoms with Gasteiger partial charge in [-0.1, -0.05) is 55.8 Å². The van der Waals surface area contributed by atoms with Crippen LogP contribution in [0.15, 0.2) is 48.5 Å². The Labute approximate surface area is 232 Å². The maximum absolute atomic E-state index is 13.9. The van der Waals surface area contributed by atoms with Gasteiger partial charge in [0.1, 0.15) is 5.75 Å². The van der Waals surface area contributed by atoms with Gasteiger partial charge >= 0.3 is 6.18 Å². The summed E-state index contributed by atoms with van der Waals surface area (Å²) in [6.07, 6.45) is -3.20. The molecule has 1 aliphatic rings. The van der Waals surface area contributed by atoms with Crippen LogP contribution in [0.4, 0.5) is 13.2 Å². The van der Waals surface area contributed by atoms with Crippen molar-refractivity contribution in [2.45, 2.75) is 44.9 Å². The molecule has 2 aromatic rings. The van der Waals surface area contributed by atoms with Crippen molar-refractivity contribution in [2.75, 3.05) is 33.8 Å². The van der Waals surface area contributed by atoms with E-state index in [-0.39, 0.29) is 36.8 Å². The van der Waals surface area contributed by atoms with Crippen molar-refractivity contribution in [1.29, 1.82) is 0 Å². The van der Waals surface area contributed by atoms with Crippen molar-refractivity contribution < 1.29 is 32.6 Å². The number of ether oxygens (including phenoxy) is 1. The van der Waals surface area contributed by atoms with E-state index in [0.29, 0.717) is 35.8 Å². The molecule has 2 amide bonds. The molecule has 1 heterocycles. The highest BCUT2D eigenvalue weighted by Gasteiger charge is 2.62. The fourth-order valence-corrected chi connectivity index (χ4v) is 5.37.